The molecule has 0 amide bonds. The van der Waals surface area contributed by atoms with Gasteiger partial charge in [-0.2, -0.15) is 0 Å². The molecule has 0 saturated heterocycles. The Balaban J connectivity index is 1.90. The number of carboxylic acid groups (broad SMARTS) is 1. The fourth-order valence-electron chi connectivity index (χ4n) is 4.07. The highest BCUT2D eigenvalue weighted by atomic mass is 16.4. The number of rotatable bonds is 3. The third-order valence-corrected chi connectivity index (χ3v) is 5.31. The zero-order valence-corrected chi connectivity index (χ0v) is 11.1. The van der Waals surface area contributed by atoms with Gasteiger partial charge in [-0.1, -0.05) is 19.1 Å². The first kappa shape index (κ1) is 12.4. The van der Waals surface area contributed by atoms with Crippen LogP contribution in [-0.4, -0.2) is 16.9 Å². The number of carbonyl (C=O) groups excluding carboxylic acids is 1. The molecule has 0 spiro atoms. The van der Waals surface area contributed by atoms with Crippen LogP contribution in [0.4, 0.5) is 0 Å². The first-order valence-corrected chi connectivity index (χ1v) is 6.91. The number of ketones is 1. The van der Waals surface area contributed by atoms with Gasteiger partial charge in [-0.25, -0.2) is 4.79 Å². The van der Waals surface area contributed by atoms with Crippen molar-refractivity contribution in [1.82, 2.24) is 0 Å². The van der Waals surface area contributed by atoms with Crippen molar-refractivity contribution in [3.63, 3.8) is 0 Å². The van der Waals surface area contributed by atoms with E-state index in [1.807, 2.05) is 0 Å². The SMILES string of the molecule is CC1(C(=O)c2ccc(C(=O)O)cc2)C2CCC1CC2. The van der Waals surface area contributed by atoms with Gasteiger partial charge in [0, 0.05) is 11.0 Å². The maximum atomic E-state index is 12.8. The normalized spacial score (nSPS) is 32.5. The predicted octanol–water partition coefficient (Wildman–Crippen LogP) is 3.39. The first-order valence-electron chi connectivity index (χ1n) is 6.91. The molecule has 2 aliphatic rings. The summed E-state index contributed by atoms with van der Waals surface area (Å²) in [4.78, 5) is 23.6. The summed E-state index contributed by atoms with van der Waals surface area (Å²) in [7, 11) is 0. The Kier molecular flexibility index (Phi) is 2.73. The lowest BCUT2D eigenvalue weighted by Gasteiger charge is -2.28. The summed E-state index contributed by atoms with van der Waals surface area (Å²) >= 11 is 0. The smallest absolute Gasteiger partial charge is 0.335 e. The molecule has 3 rings (SSSR count). The first-order chi connectivity index (χ1) is 9.03. The molecule has 3 nitrogen and oxygen atoms in total. The van der Waals surface area contributed by atoms with E-state index in [1.165, 1.54) is 37.8 Å². The fourth-order valence-corrected chi connectivity index (χ4v) is 4.07. The molecule has 19 heavy (non-hydrogen) atoms. The number of carboxylic acids is 1. The molecular formula is C16H18O3. The molecule has 3 heteroatoms. The number of carbonyl (C=O) groups is 2. The van der Waals surface area contributed by atoms with Crippen molar-refractivity contribution in [1.29, 1.82) is 0 Å². The zero-order valence-electron chi connectivity index (χ0n) is 11.1. The van der Waals surface area contributed by atoms with Crippen LogP contribution in [-0.2, 0) is 0 Å². The second-order valence-corrected chi connectivity index (χ2v) is 6.04. The van der Waals surface area contributed by atoms with E-state index in [9.17, 15) is 9.59 Å². The predicted molar refractivity (Wildman–Crippen MR) is 71.3 cm³/mol. The summed E-state index contributed by atoms with van der Waals surface area (Å²) in [6, 6.07) is 6.37. The van der Waals surface area contributed by atoms with Crippen LogP contribution in [0.3, 0.4) is 0 Å². The van der Waals surface area contributed by atoms with E-state index in [1.54, 1.807) is 12.1 Å². The Hall–Kier alpha value is -1.64. The molecule has 100 valence electrons. The molecule has 0 heterocycles. The lowest BCUT2D eigenvalue weighted by molar-refractivity contribution is 0.0693. The van der Waals surface area contributed by atoms with E-state index < -0.39 is 5.97 Å². The van der Waals surface area contributed by atoms with Crippen molar-refractivity contribution in [2.75, 3.05) is 0 Å². The third kappa shape index (κ3) is 1.71. The zero-order chi connectivity index (χ0) is 13.6. The van der Waals surface area contributed by atoms with Gasteiger partial charge in [0.2, 0.25) is 0 Å². The summed E-state index contributed by atoms with van der Waals surface area (Å²) in [5.41, 5.74) is 0.674. The maximum Gasteiger partial charge on any atom is 0.335 e. The highest BCUT2D eigenvalue weighted by molar-refractivity contribution is 6.02. The Morgan fingerprint density at radius 2 is 1.42 bits per heavy atom. The molecule has 1 aromatic rings. The molecule has 0 radical (unpaired) electrons. The summed E-state index contributed by atoms with van der Waals surface area (Å²) in [6.07, 6.45) is 4.67. The highest BCUT2D eigenvalue weighted by Gasteiger charge is 2.55. The third-order valence-electron chi connectivity index (χ3n) is 5.31. The molecule has 2 fully saturated rings. The molecule has 0 atom stereocenters. The van der Waals surface area contributed by atoms with Gasteiger partial charge in [-0.3, -0.25) is 4.79 Å². The van der Waals surface area contributed by atoms with E-state index >= 15 is 0 Å². The van der Waals surface area contributed by atoms with Crippen molar-refractivity contribution >= 4 is 11.8 Å². The number of benzene rings is 1. The van der Waals surface area contributed by atoms with Crippen LogP contribution >= 0.6 is 0 Å². The molecule has 1 N–H and O–H groups in total. The number of hydrogen-bond donors (Lipinski definition) is 1. The van der Waals surface area contributed by atoms with Crippen LogP contribution in [0.25, 0.3) is 0 Å². The Labute approximate surface area is 112 Å². The quantitative estimate of drug-likeness (QED) is 0.845. The molecule has 2 bridgehead atoms. The summed E-state index contributed by atoms with van der Waals surface area (Å²) < 4.78 is 0. The van der Waals surface area contributed by atoms with Crippen molar-refractivity contribution in [3.05, 3.63) is 35.4 Å². The van der Waals surface area contributed by atoms with E-state index in [0.29, 0.717) is 17.4 Å². The van der Waals surface area contributed by atoms with Gasteiger partial charge < -0.3 is 5.11 Å². The Morgan fingerprint density at radius 3 is 1.84 bits per heavy atom. The van der Waals surface area contributed by atoms with E-state index in [-0.39, 0.29) is 16.8 Å². The second-order valence-electron chi connectivity index (χ2n) is 6.04. The molecule has 2 aliphatic carbocycles. The van der Waals surface area contributed by atoms with Crippen LogP contribution in [0.2, 0.25) is 0 Å². The molecule has 0 aliphatic heterocycles. The number of fused-ring (bicyclic) bond motifs is 2. The van der Waals surface area contributed by atoms with Gasteiger partial charge in [0.25, 0.3) is 0 Å². The topological polar surface area (TPSA) is 54.4 Å². The van der Waals surface area contributed by atoms with Crippen molar-refractivity contribution < 1.29 is 14.7 Å². The van der Waals surface area contributed by atoms with Crippen molar-refractivity contribution in [3.8, 4) is 0 Å². The lowest BCUT2D eigenvalue weighted by atomic mass is 9.73. The van der Waals surface area contributed by atoms with Gasteiger partial charge in [0.15, 0.2) is 5.78 Å². The van der Waals surface area contributed by atoms with Gasteiger partial charge in [0.05, 0.1) is 5.56 Å². The summed E-state index contributed by atoms with van der Waals surface area (Å²) in [6.45, 7) is 2.11. The van der Waals surface area contributed by atoms with Crippen molar-refractivity contribution in [2.45, 2.75) is 32.6 Å². The van der Waals surface area contributed by atoms with Gasteiger partial charge in [-0.15, -0.1) is 0 Å². The number of Topliss-reactive ketones (excluding diaryl/α,β-unsaturated/α-hetero) is 1. The molecule has 0 unspecified atom stereocenters. The Bertz CT molecular complexity index is 509. The minimum absolute atomic E-state index is 0.203. The van der Waals surface area contributed by atoms with Crippen molar-refractivity contribution in [2.24, 2.45) is 17.3 Å². The monoisotopic (exact) mass is 258 g/mol. The van der Waals surface area contributed by atoms with E-state index in [4.69, 9.17) is 5.11 Å². The largest absolute Gasteiger partial charge is 0.478 e. The second kappa shape index (κ2) is 4.19. The minimum atomic E-state index is -0.953. The number of aromatic carboxylic acids is 1. The summed E-state index contributed by atoms with van der Waals surface area (Å²) in [5, 5.41) is 8.89. The molecule has 2 saturated carbocycles. The van der Waals surface area contributed by atoms with E-state index in [2.05, 4.69) is 6.92 Å². The van der Waals surface area contributed by atoms with Crippen LogP contribution in [0, 0.1) is 17.3 Å². The van der Waals surface area contributed by atoms with E-state index in [0.717, 1.165) is 0 Å². The van der Waals surface area contributed by atoms with Crippen LogP contribution in [0.15, 0.2) is 24.3 Å². The fraction of sp³-hybridized carbons (Fsp3) is 0.500. The summed E-state index contributed by atoms with van der Waals surface area (Å²) in [5.74, 6) is 0.286. The Morgan fingerprint density at radius 1 is 1.00 bits per heavy atom. The van der Waals surface area contributed by atoms with Gasteiger partial charge >= 0.3 is 5.97 Å². The minimum Gasteiger partial charge on any atom is -0.478 e. The molecular weight excluding hydrogens is 240 g/mol. The lowest BCUT2D eigenvalue weighted by Crippen LogP contribution is -2.32. The maximum absolute atomic E-state index is 12.8. The molecule has 0 aromatic heterocycles. The average Bonchev–Trinajstić information content (AvgIpc) is 2.92. The van der Waals surface area contributed by atoms with Gasteiger partial charge in [0.1, 0.15) is 0 Å². The van der Waals surface area contributed by atoms with Crippen LogP contribution in [0.1, 0.15) is 53.3 Å². The average molecular weight is 258 g/mol. The standard InChI is InChI=1S/C16H18O3/c1-16(12-6-7-13(16)9-8-12)14(17)10-2-4-11(5-3-10)15(18)19/h2-5,12-13H,6-9H2,1H3,(H,18,19). The number of hydrogen-bond acceptors (Lipinski definition) is 2. The van der Waals surface area contributed by atoms with Crippen LogP contribution < -0.4 is 0 Å². The highest BCUT2D eigenvalue weighted by Crippen LogP contribution is 2.59. The molecule has 1 aromatic carbocycles. The van der Waals surface area contributed by atoms with Gasteiger partial charge in [-0.05, 0) is 49.7 Å². The van der Waals surface area contributed by atoms with Crippen LogP contribution in [0.5, 0.6) is 0 Å².